The molecule has 32 heavy (non-hydrogen) atoms. The van der Waals surface area contributed by atoms with Crippen LogP contribution in [-0.4, -0.2) is 44.6 Å². The maximum atomic E-state index is 12.0. The highest BCUT2D eigenvalue weighted by molar-refractivity contribution is 6.31. The first-order chi connectivity index (χ1) is 15.3. The van der Waals surface area contributed by atoms with Gasteiger partial charge in [0.15, 0.2) is 6.61 Å². The van der Waals surface area contributed by atoms with Crippen LogP contribution in [0.2, 0.25) is 5.02 Å². The monoisotopic (exact) mass is 462 g/mol. The van der Waals surface area contributed by atoms with Crippen molar-refractivity contribution in [3.63, 3.8) is 0 Å². The quantitative estimate of drug-likeness (QED) is 0.519. The summed E-state index contributed by atoms with van der Waals surface area (Å²) in [5, 5.41) is 5.63. The van der Waals surface area contributed by atoms with Gasteiger partial charge in [0.05, 0.1) is 25.5 Å². The topological polar surface area (TPSA) is 120 Å². The second-order valence-corrected chi connectivity index (χ2v) is 6.96. The van der Waals surface area contributed by atoms with Crippen molar-refractivity contribution in [1.82, 2.24) is 0 Å². The number of esters is 2. The molecular weight excluding hydrogens is 440 g/mol. The average molecular weight is 463 g/mol. The summed E-state index contributed by atoms with van der Waals surface area (Å²) in [5.41, 5.74) is 1.24. The average Bonchev–Trinajstić information content (AvgIpc) is 2.78. The van der Waals surface area contributed by atoms with Crippen LogP contribution >= 0.6 is 11.6 Å². The van der Waals surface area contributed by atoms with E-state index in [0.717, 1.165) is 0 Å². The van der Waals surface area contributed by atoms with Gasteiger partial charge in [0.25, 0.3) is 5.91 Å². The normalized spacial score (nSPS) is 10.1. The van der Waals surface area contributed by atoms with Gasteiger partial charge < -0.3 is 24.8 Å². The molecule has 0 atom stereocenters. The lowest BCUT2D eigenvalue weighted by atomic mass is 10.2. The van der Waals surface area contributed by atoms with Crippen molar-refractivity contribution in [3.05, 3.63) is 53.1 Å². The molecular formula is C22H23ClN2O7. The van der Waals surface area contributed by atoms with Crippen molar-refractivity contribution < 1.29 is 33.4 Å². The third-order valence-corrected chi connectivity index (χ3v) is 4.41. The second-order valence-electron chi connectivity index (χ2n) is 6.52. The van der Waals surface area contributed by atoms with Crippen LogP contribution in [-0.2, 0) is 23.9 Å². The van der Waals surface area contributed by atoms with Gasteiger partial charge in [-0.25, -0.2) is 4.79 Å². The van der Waals surface area contributed by atoms with E-state index in [9.17, 15) is 19.2 Å². The van der Waals surface area contributed by atoms with Gasteiger partial charge in [-0.05, 0) is 48.9 Å². The molecule has 0 aliphatic heterocycles. The lowest BCUT2D eigenvalue weighted by Crippen LogP contribution is -2.21. The molecule has 0 saturated heterocycles. The van der Waals surface area contributed by atoms with E-state index in [2.05, 4.69) is 15.4 Å². The first-order valence-electron chi connectivity index (χ1n) is 9.59. The minimum atomic E-state index is -0.603. The van der Waals surface area contributed by atoms with Gasteiger partial charge in [0, 0.05) is 23.6 Å². The van der Waals surface area contributed by atoms with Crippen molar-refractivity contribution in [3.8, 4) is 5.75 Å². The predicted molar refractivity (Wildman–Crippen MR) is 118 cm³/mol. The van der Waals surface area contributed by atoms with E-state index in [-0.39, 0.29) is 25.2 Å². The molecule has 0 radical (unpaired) electrons. The minimum Gasteiger partial charge on any atom is -0.495 e. The number of methoxy groups -OCH3 is 2. The standard InChI is InChI=1S/C22H23ClN2O7/c1-30-18-11-8-15(23)12-17(18)25-20(27)13-32-21(28)5-3-4-19(26)24-16-9-6-14(7-10-16)22(29)31-2/h6-12H,3-5,13H2,1-2H3,(H,24,26)(H,25,27). The predicted octanol–water partition coefficient (Wildman–Crippen LogP) is 3.43. The Morgan fingerprint density at radius 2 is 1.62 bits per heavy atom. The maximum absolute atomic E-state index is 12.0. The smallest absolute Gasteiger partial charge is 0.337 e. The van der Waals surface area contributed by atoms with Gasteiger partial charge >= 0.3 is 11.9 Å². The number of nitrogens with one attached hydrogen (secondary N) is 2. The Labute approximate surface area is 190 Å². The van der Waals surface area contributed by atoms with Gasteiger partial charge in [-0.1, -0.05) is 11.6 Å². The molecule has 10 heteroatoms. The van der Waals surface area contributed by atoms with Crippen molar-refractivity contribution in [2.45, 2.75) is 19.3 Å². The number of hydrogen-bond donors (Lipinski definition) is 2. The van der Waals surface area contributed by atoms with E-state index in [1.807, 2.05) is 0 Å². The highest BCUT2D eigenvalue weighted by atomic mass is 35.5. The Hall–Kier alpha value is -3.59. The van der Waals surface area contributed by atoms with Crippen LogP contribution in [0.5, 0.6) is 5.75 Å². The number of ether oxygens (including phenoxy) is 3. The number of carbonyl (C=O) groups is 4. The zero-order chi connectivity index (χ0) is 23.5. The summed E-state index contributed by atoms with van der Waals surface area (Å²) < 4.78 is 14.7. The third kappa shape index (κ3) is 7.92. The zero-order valence-corrected chi connectivity index (χ0v) is 18.4. The second kappa shape index (κ2) is 12.3. The van der Waals surface area contributed by atoms with Gasteiger partial charge in [0.2, 0.25) is 5.91 Å². The van der Waals surface area contributed by atoms with Crippen molar-refractivity contribution in [2.75, 3.05) is 31.5 Å². The molecule has 2 N–H and O–H groups in total. The highest BCUT2D eigenvalue weighted by Gasteiger charge is 2.12. The SMILES string of the molecule is COC(=O)c1ccc(NC(=O)CCCC(=O)OCC(=O)Nc2cc(Cl)ccc2OC)cc1. The number of benzene rings is 2. The van der Waals surface area contributed by atoms with E-state index < -0.39 is 24.5 Å². The van der Waals surface area contributed by atoms with Gasteiger partial charge in [-0.2, -0.15) is 0 Å². The number of anilines is 2. The Balaban J connectivity index is 1.68. The molecule has 0 bridgehead atoms. The fourth-order valence-corrected chi connectivity index (χ4v) is 2.78. The van der Waals surface area contributed by atoms with E-state index >= 15 is 0 Å². The van der Waals surface area contributed by atoms with E-state index in [1.54, 1.807) is 24.3 Å². The van der Waals surface area contributed by atoms with Gasteiger partial charge in [-0.15, -0.1) is 0 Å². The molecule has 170 valence electrons. The Morgan fingerprint density at radius 1 is 0.906 bits per heavy atom. The Morgan fingerprint density at radius 3 is 2.28 bits per heavy atom. The maximum Gasteiger partial charge on any atom is 0.337 e. The summed E-state index contributed by atoms with van der Waals surface area (Å²) in [7, 11) is 2.73. The summed E-state index contributed by atoms with van der Waals surface area (Å²) in [6, 6.07) is 10.9. The Bertz CT molecular complexity index is 977. The third-order valence-electron chi connectivity index (χ3n) is 4.17. The van der Waals surface area contributed by atoms with Crippen LogP contribution in [0.25, 0.3) is 0 Å². The number of amides is 2. The lowest BCUT2D eigenvalue weighted by molar-refractivity contribution is -0.147. The molecule has 0 heterocycles. The van der Waals surface area contributed by atoms with Crippen molar-refractivity contribution in [1.29, 1.82) is 0 Å². The molecule has 9 nitrogen and oxygen atoms in total. The van der Waals surface area contributed by atoms with Crippen molar-refractivity contribution in [2.24, 2.45) is 0 Å². The molecule has 0 fully saturated rings. The van der Waals surface area contributed by atoms with E-state index in [1.165, 1.54) is 32.4 Å². The summed E-state index contributed by atoms with van der Waals surface area (Å²) >= 11 is 5.90. The largest absolute Gasteiger partial charge is 0.495 e. The van der Waals surface area contributed by atoms with Gasteiger partial charge in [0.1, 0.15) is 5.75 Å². The van der Waals surface area contributed by atoms with Gasteiger partial charge in [-0.3, -0.25) is 14.4 Å². The van der Waals surface area contributed by atoms with Crippen LogP contribution in [0.3, 0.4) is 0 Å². The summed E-state index contributed by atoms with van der Waals surface area (Å²) in [6.45, 7) is -0.479. The fourth-order valence-electron chi connectivity index (χ4n) is 2.61. The number of halogens is 1. The minimum absolute atomic E-state index is 0.0253. The van der Waals surface area contributed by atoms with E-state index in [0.29, 0.717) is 27.7 Å². The molecule has 2 aromatic carbocycles. The van der Waals surface area contributed by atoms with Crippen molar-refractivity contribution >= 4 is 46.7 Å². The zero-order valence-electron chi connectivity index (χ0n) is 17.6. The molecule has 0 aromatic heterocycles. The van der Waals surface area contributed by atoms with Crippen LogP contribution in [0, 0.1) is 0 Å². The summed E-state index contributed by atoms with van der Waals surface area (Å²) in [5.74, 6) is -1.50. The molecule has 2 amide bonds. The highest BCUT2D eigenvalue weighted by Crippen LogP contribution is 2.27. The molecule has 0 spiro atoms. The molecule has 2 rings (SSSR count). The molecule has 0 saturated carbocycles. The van der Waals surface area contributed by atoms with Crippen LogP contribution in [0.15, 0.2) is 42.5 Å². The molecule has 0 aliphatic rings. The first kappa shape index (κ1) is 24.7. The molecule has 0 aliphatic carbocycles. The first-order valence-corrected chi connectivity index (χ1v) is 9.97. The molecule has 2 aromatic rings. The van der Waals surface area contributed by atoms with Crippen LogP contribution < -0.4 is 15.4 Å². The number of hydrogen-bond acceptors (Lipinski definition) is 7. The Kier molecular flexibility index (Phi) is 9.49. The van der Waals surface area contributed by atoms with E-state index in [4.69, 9.17) is 21.1 Å². The van der Waals surface area contributed by atoms with Crippen LogP contribution in [0.1, 0.15) is 29.6 Å². The summed E-state index contributed by atoms with van der Waals surface area (Å²) in [6.07, 6.45) is 0.302. The molecule has 0 unspecified atom stereocenters. The van der Waals surface area contributed by atoms with Crippen LogP contribution in [0.4, 0.5) is 11.4 Å². The summed E-state index contributed by atoms with van der Waals surface area (Å²) in [4.78, 5) is 47.2. The lowest BCUT2D eigenvalue weighted by Gasteiger charge is -2.11. The number of carbonyl (C=O) groups excluding carboxylic acids is 4. The number of rotatable bonds is 10. The fraction of sp³-hybridized carbons (Fsp3) is 0.273.